The average Bonchev–Trinajstić information content (AvgIpc) is 3.07. The number of nitrogens with one attached hydrogen (secondary N) is 1. The Balaban J connectivity index is 1.64. The number of carbonyl (C=O) groups is 1. The highest BCUT2D eigenvalue weighted by Gasteiger charge is 2.50. The molecule has 5 nitrogen and oxygen atoms in total. The summed E-state index contributed by atoms with van der Waals surface area (Å²) in [5.41, 5.74) is 0.749. The second kappa shape index (κ2) is 5.07. The zero-order valence-electron chi connectivity index (χ0n) is 11.5. The summed E-state index contributed by atoms with van der Waals surface area (Å²) in [4.78, 5) is 16.6. The molecule has 1 fully saturated rings. The second-order valence-electron chi connectivity index (χ2n) is 5.47. The van der Waals surface area contributed by atoms with Crippen molar-refractivity contribution in [2.75, 3.05) is 0 Å². The Morgan fingerprint density at radius 2 is 2.30 bits per heavy atom. The van der Waals surface area contributed by atoms with Gasteiger partial charge in [-0.3, -0.25) is 14.5 Å². The molecule has 1 N–H and O–H groups in total. The van der Waals surface area contributed by atoms with Crippen molar-refractivity contribution < 1.29 is 4.79 Å². The van der Waals surface area contributed by atoms with E-state index in [2.05, 4.69) is 15.4 Å². The summed E-state index contributed by atoms with van der Waals surface area (Å²) < 4.78 is 1.83. The standard InChI is InChI=1S/C15H18N4O/c1-12(13-4-2-7-16-10-13)18-14(20)15(5-6-15)11-19-9-3-8-17-19/h2-4,7-10,12H,5-6,11H2,1H3,(H,18,20)/t12-/m0/s1. The van der Waals surface area contributed by atoms with E-state index in [1.165, 1.54) is 0 Å². The predicted octanol–water partition coefficient (Wildman–Crippen LogP) is 1.94. The van der Waals surface area contributed by atoms with Crippen LogP contribution < -0.4 is 5.32 Å². The van der Waals surface area contributed by atoms with Crippen molar-refractivity contribution >= 4 is 5.91 Å². The highest BCUT2D eigenvalue weighted by Crippen LogP contribution is 2.47. The number of nitrogens with zero attached hydrogens (tertiary/aromatic N) is 3. The summed E-state index contributed by atoms with van der Waals surface area (Å²) in [6.07, 6.45) is 9.03. The Labute approximate surface area is 118 Å². The van der Waals surface area contributed by atoms with Crippen molar-refractivity contribution in [2.45, 2.75) is 32.4 Å². The zero-order chi connectivity index (χ0) is 14.0. The molecule has 0 unspecified atom stereocenters. The van der Waals surface area contributed by atoms with Gasteiger partial charge in [-0.2, -0.15) is 5.10 Å². The monoisotopic (exact) mass is 270 g/mol. The molecule has 0 aromatic carbocycles. The van der Waals surface area contributed by atoms with Gasteiger partial charge in [0, 0.05) is 24.8 Å². The van der Waals surface area contributed by atoms with Crippen LogP contribution in [0.15, 0.2) is 43.0 Å². The molecule has 1 aliphatic rings. The summed E-state index contributed by atoms with van der Waals surface area (Å²) in [7, 11) is 0. The van der Waals surface area contributed by atoms with Crippen LogP contribution in [0.1, 0.15) is 31.4 Å². The van der Waals surface area contributed by atoms with Crippen LogP contribution in [0.4, 0.5) is 0 Å². The van der Waals surface area contributed by atoms with Crippen LogP contribution >= 0.6 is 0 Å². The van der Waals surface area contributed by atoms with Crippen molar-refractivity contribution in [3.05, 3.63) is 48.5 Å². The van der Waals surface area contributed by atoms with E-state index >= 15 is 0 Å². The van der Waals surface area contributed by atoms with Crippen LogP contribution in [0.5, 0.6) is 0 Å². The number of rotatable bonds is 5. The van der Waals surface area contributed by atoms with E-state index in [9.17, 15) is 4.79 Å². The quantitative estimate of drug-likeness (QED) is 0.903. The Bertz CT molecular complexity index is 575. The van der Waals surface area contributed by atoms with E-state index in [-0.39, 0.29) is 17.4 Å². The molecule has 2 heterocycles. The van der Waals surface area contributed by atoms with Gasteiger partial charge in [-0.25, -0.2) is 0 Å². The smallest absolute Gasteiger partial charge is 0.228 e. The number of pyridine rings is 1. The van der Waals surface area contributed by atoms with E-state index in [1.807, 2.05) is 36.0 Å². The molecule has 0 bridgehead atoms. The van der Waals surface area contributed by atoms with Crippen molar-refractivity contribution in [1.29, 1.82) is 0 Å². The number of amides is 1. The van der Waals surface area contributed by atoms with Gasteiger partial charge in [0.2, 0.25) is 5.91 Å². The maximum atomic E-state index is 12.5. The highest BCUT2D eigenvalue weighted by atomic mass is 16.2. The van der Waals surface area contributed by atoms with Gasteiger partial charge in [0.15, 0.2) is 0 Å². The molecule has 1 aliphatic carbocycles. The third-order valence-electron chi connectivity index (χ3n) is 3.89. The van der Waals surface area contributed by atoms with Gasteiger partial charge in [-0.1, -0.05) is 6.07 Å². The number of aromatic nitrogens is 3. The van der Waals surface area contributed by atoms with Crippen LogP contribution in [0.3, 0.4) is 0 Å². The molecule has 2 aromatic heterocycles. The molecule has 20 heavy (non-hydrogen) atoms. The van der Waals surface area contributed by atoms with Gasteiger partial charge in [-0.15, -0.1) is 0 Å². The van der Waals surface area contributed by atoms with E-state index in [1.54, 1.807) is 18.6 Å². The number of hydrogen-bond donors (Lipinski definition) is 1. The molecule has 104 valence electrons. The summed E-state index contributed by atoms with van der Waals surface area (Å²) in [6.45, 7) is 2.64. The van der Waals surface area contributed by atoms with Crippen LogP contribution in [0, 0.1) is 5.41 Å². The first-order chi connectivity index (χ1) is 9.70. The molecular weight excluding hydrogens is 252 g/mol. The van der Waals surface area contributed by atoms with Crippen molar-refractivity contribution in [3.8, 4) is 0 Å². The van der Waals surface area contributed by atoms with Gasteiger partial charge in [-0.05, 0) is 37.5 Å². The lowest BCUT2D eigenvalue weighted by atomic mass is 10.0. The van der Waals surface area contributed by atoms with Gasteiger partial charge in [0.05, 0.1) is 18.0 Å². The number of hydrogen-bond acceptors (Lipinski definition) is 3. The highest BCUT2D eigenvalue weighted by molar-refractivity contribution is 5.85. The van der Waals surface area contributed by atoms with Gasteiger partial charge >= 0.3 is 0 Å². The first-order valence-corrected chi connectivity index (χ1v) is 6.88. The fourth-order valence-corrected chi connectivity index (χ4v) is 2.38. The van der Waals surface area contributed by atoms with Gasteiger partial charge in [0.1, 0.15) is 0 Å². The Morgan fingerprint density at radius 1 is 1.45 bits per heavy atom. The summed E-state index contributed by atoms with van der Waals surface area (Å²) in [6, 6.07) is 5.72. The molecular formula is C15H18N4O. The summed E-state index contributed by atoms with van der Waals surface area (Å²) in [5, 5.41) is 7.28. The second-order valence-corrected chi connectivity index (χ2v) is 5.47. The van der Waals surface area contributed by atoms with Gasteiger partial charge < -0.3 is 5.32 Å². The molecule has 3 rings (SSSR count). The minimum atomic E-state index is -0.275. The predicted molar refractivity (Wildman–Crippen MR) is 74.7 cm³/mol. The molecule has 1 amide bonds. The fraction of sp³-hybridized carbons (Fsp3) is 0.400. The van der Waals surface area contributed by atoms with Crippen LogP contribution in [0.2, 0.25) is 0 Å². The van der Waals surface area contributed by atoms with Crippen molar-refractivity contribution in [3.63, 3.8) is 0 Å². The lowest BCUT2D eigenvalue weighted by Gasteiger charge is -2.19. The summed E-state index contributed by atoms with van der Waals surface area (Å²) >= 11 is 0. The van der Waals surface area contributed by atoms with E-state index < -0.39 is 0 Å². The zero-order valence-corrected chi connectivity index (χ0v) is 11.5. The molecule has 0 saturated heterocycles. The number of carbonyl (C=O) groups excluding carboxylic acids is 1. The Morgan fingerprint density at radius 3 is 2.90 bits per heavy atom. The first kappa shape index (κ1) is 12.8. The fourth-order valence-electron chi connectivity index (χ4n) is 2.38. The third kappa shape index (κ3) is 2.57. The molecule has 0 spiro atoms. The minimum Gasteiger partial charge on any atom is -0.349 e. The average molecular weight is 270 g/mol. The lowest BCUT2D eigenvalue weighted by molar-refractivity contribution is -0.127. The van der Waals surface area contributed by atoms with Crippen LogP contribution in [-0.4, -0.2) is 20.7 Å². The largest absolute Gasteiger partial charge is 0.349 e. The van der Waals surface area contributed by atoms with Crippen molar-refractivity contribution in [2.24, 2.45) is 5.41 Å². The van der Waals surface area contributed by atoms with E-state index in [4.69, 9.17) is 0 Å². The van der Waals surface area contributed by atoms with E-state index in [0.717, 1.165) is 18.4 Å². The van der Waals surface area contributed by atoms with Crippen LogP contribution in [-0.2, 0) is 11.3 Å². The van der Waals surface area contributed by atoms with E-state index in [0.29, 0.717) is 6.54 Å². The molecule has 0 aliphatic heterocycles. The molecule has 5 heteroatoms. The Kier molecular flexibility index (Phi) is 3.26. The lowest BCUT2D eigenvalue weighted by Crippen LogP contribution is -2.36. The third-order valence-corrected chi connectivity index (χ3v) is 3.89. The SMILES string of the molecule is C[C@H](NC(=O)C1(Cn2cccn2)CC1)c1cccnc1. The van der Waals surface area contributed by atoms with Gasteiger partial charge in [0.25, 0.3) is 0 Å². The molecule has 2 aromatic rings. The normalized spacial score (nSPS) is 17.4. The topological polar surface area (TPSA) is 59.8 Å². The maximum Gasteiger partial charge on any atom is 0.228 e. The summed E-state index contributed by atoms with van der Waals surface area (Å²) in [5.74, 6) is 0.115. The molecule has 0 radical (unpaired) electrons. The molecule has 1 atom stereocenters. The Hall–Kier alpha value is -2.17. The first-order valence-electron chi connectivity index (χ1n) is 6.88. The maximum absolute atomic E-state index is 12.5. The van der Waals surface area contributed by atoms with Crippen LogP contribution in [0.25, 0.3) is 0 Å². The minimum absolute atomic E-state index is 0.0219. The van der Waals surface area contributed by atoms with Crippen molar-refractivity contribution in [1.82, 2.24) is 20.1 Å². The molecule has 1 saturated carbocycles.